The number of carbonyl (C=O) groups is 1. The highest BCUT2D eigenvalue weighted by Gasteiger charge is 2.25. The van der Waals surface area contributed by atoms with Gasteiger partial charge in [-0.3, -0.25) is 4.79 Å². The van der Waals surface area contributed by atoms with Crippen LogP contribution in [0.2, 0.25) is 5.02 Å². The fourth-order valence-electron chi connectivity index (χ4n) is 2.84. The van der Waals surface area contributed by atoms with E-state index in [1.807, 2.05) is 0 Å². The van der Waals surface area contributed by atoms with Gasteiger partial charge in [-0.1, -0.05) is 22.8 Å². The third-order valence-corrected chi connectivity index (χ3v) is 4.38. The van der Waals surface area contributed by atoms with Crippen LogP contribution in [0.15, 0.2) is 22.7 Å². The summed E-state index contributed by atoms with van der Waals surface area (Å²) in [6.45, 7) is 2.86. The largest absolute Gasteiger partial charge is 0.378 e. The summed E-state index contributed by atoms with van der Waals surface area (Å²) in [5.74, 6) is -0.593. The summed E-state index contributed by atoms with van der Waals surface area (Å²) < 4.78 is 24.8. The molecule has 0 bridgehead atoms. The minimum Gasteiger partial charge on any atom is -0.378 e. The Morgan fingerprint density at radius 2 is 2.33 bits per heavy atom. The van der Waals surface area contributed by atoms with E-state index in [2.05, 4.69) is 10.5 Å². The number of nitrogens with zero attached hydrogens (tertiary/aromatic N) is 1. The van der Waals surface area contributed by atoms with Crippen molar-refractivity contribution in [2.24, 2.45) is 0 Å². The molecule has 1 saturated heterocycles. The molecule has 1 atom stereocenters. The Morgan fingerprint density at radius 1 is 1.50 bits per heavy atom. The lowest BCUT2D eigenvalue weighted by Crippen LogP contribution is -2.27. The van der Waals surface area contributed by atoms with Gasteiger partial charge in [-0.05, 0) is 38.3 Å². The molecule has 1 aliphatic heterocycles. The topological polar surface area (TPSA) is 64.4 Å². The third kappa shape index (κ3) is 3.44. The fourth-order valence-corrected chi connectivity index (χ4v) is 3.09. The number of carbonyl (C=O) groups excluding carboxylic acids is 1. The second-order valence-electron chi connectivity index (χ2n) is 5.74. The molecule has 0 radical (unpaired) electrons. The smallest absolute Gasteiger partial charge is 0.257 e. The molecule has 0 aliphatic carbocycles. The first-order valence-corrected chi connectivity index (χ1v) is 8.26. The molecule has 2 heterocycles. The Balaban J connectivity index is 1.78. The molecule has 1 fully saturated rings. The molecule has 1 aromatic heterocycles. The van der Waals surface area contributed by atoms with Crippen molar-refractivity contribution >= 4 is 17.5 Å². The molecule has 5 nitrogen and oxygen atoms in total. The van der Waals surface area contributed by atoms with Gasteiger partial charge in [0, 0.05) is 13.2 Å². The van der Waals surface area contributed by atoms with Gasteiger partial charge in [0.15, 0.2) is 0 Å². The van der Waals surface area contributed by atoms with E-state index in [0.29, 0.717) is 12.3 Å². The summed E-state index contributed by atoms with van der Waals surface area (Å²) in [7, 11) is 0. The second-order valence-corrected chi connectivity index (χ2v) is 6.15. The minimum atomic E-state index is -0.552. The van der Waals surface area contributed by atoms with E-state index < -0.39 is 5.82 Å². The van der Waals surface area contributed by atoms with Crippen molar-refractivity contribution in [3.05, 3.63) is 40.4 Å². The average Bonchev–Trinajstić information content (AvgIpc) is 3.17. The molecule has 1 aromatic carbocycles. The van der Waals surface area contributed by atoms with Crippen LogP contribution in [0.1, 0.15) is 35.4 Å². The van der Waals surface area contributed by atoms with Gasteiger partial charge in [-0.15, -0.1) is 0 Å². The number of hydrogen-bond donors (Lipinski definition) is 1. The number of aromatic nitrogens is 1. The van der Waals surface area contributed by atoms with E-state index in [4.69, 9.17) is 20.9 Å². The van der Waals surface area contributed by atoms with Gasteiger partial charge in [0.25, 0.3) is 5.91 Å². The first-order chi connectivity index (χ1) is 11.6. The van der Waals surface area contributed by atoms with Gasteiger partial charge < -0.3 is 14.6 Å². The Hall–Kier alpha value is -1.92. The lowest BCUT2D eigenvalue weighted by molar-refractivity contribution is 0.0906. The Morgan fingerprint density at radius 3 is 3.04 bits per heavy atom. The van der Waals surface area contributed by atoms with E-state index in [1.165, 1.54) is 12.1 Å². The summed E-state index contributed by atoms with van der Waals surface area (Å²) in [5, 5.41) is 6.82. The van der Waals surface area contributed by atoms with Crippen molar-refractivity contribution in [2.45, 2.75) is 32.3 Å². The molecule has 2 aromatic rings. The zero-order valence-electron chi connectivity index (χ0n) is 13.3. The van der Waals surface area contributed by atoms with Gasteiger partial charge in [0.2, 0.25) is 0 Å². The summed E-state index contributed by atoms with van der Waals surface area (Å²) in [4.78, 5) is 12.5. The van der Waals surface area contributed by atoms with Crippen LogP contribution < -0.4 is 5.32 Å². The normalized spacial score (nSPS) is 17.2. The molecule has 1 amide bonds. The van der Waals surface area contributed by atoms with E-state index >= 15 is 0 Å². The molecule has 0 saturated carbocycles. The number of nitrogens with one attached hydrogen (secondary N) is 1. The van der Waals surface area contributed by atoms with Crippen LogP contribution in [0, 0.1) is 12.7 Å². The maximum absolute atomic E-state index is 14.1. The number of hydrogen-bond acceptors (Lipinski definition) is 4. The van der Waals surface area contributed by atoms with Crippen molar-refractivity contribution in [1.82, 2.24) is 10.5 Å². The maximum atomic E-state index is 14.1. The zero-order valence-corrected chi connectivity index (χ0v) is 14.0. The number of aryl methyl sites for hydroxylation is 1. The van der Waals surface area contributed by atoms with Gasteiger partial charge in [0.05, 0.1) is 16.7 Å². The molecule has 1 aliphatic rings. The van der Waals surface area contributed by atoms with Crippen LogP contribution in [0.5, 0.6) is 0 Å². The first-order valence-electron chi connectivity index (χ1n) is 7.88. The molecular weight excluding hydrogens is 335 g/mol. The summed E-state index contributed by atoms with van der Waals surface area (Å²) in [6.07, 6.45) is 3.00. The van der Waals surface area contributed by atoms with E-state index in [-0.39, 0.29) is 33.9 Å². The van der Waals surface area contributed by atoms with Crippen LogP contribution in [-0.2, 0) is 4.74 Å². The van der Waals surface area contributed by atoms with Gasteiger partial charge in [-0.2, -0.15) is 0 Å². The fraction of sp³-hybridized carbons (Fsp3) is 0.412. The lowest BCUT2D eigenvalue weighted by atomic mass is 10.0. The van der Waals surface area contributed by atoms with Crippen LogP contribution in [0.4, 0.5) is 4.39 Å². The number of rotatable bonds is 5. The quantitative estimate of drug-likeness (QED) is 0.890. The molecular formula is C17H18ClFN2O3. The third-order valence-electron chi connectivity index (χ3n) is 4.07. The highest BCUT2D eigenvalue weighted by Crippen LogP contribution is 2.33. The second kappa shape index (κ2) is 7.32. The number of ether oxygens (including phenoxy) is 1. The number of benzene rings is 1. The van der Waals surface area contributed by atoms with Gasteiger partial charge in [0.1, 0.15) is 22.8 Å². The summed E-state index contributed by atoms with van der Waals surface area (Å²) in [6, 6.07) is 4.31. The molecule has 0 spiro atoms. The number of halogens is 2. The molecule has 7 heteroatoms. The van der Waals surface area contributed by atoms with Crippen LogP contribution in [0.3, 0.4) is 0 Å². The number of amides is 1. The predicted molar refractivity (Wildman–Crippen MR) is 87.6 cm³/mol. The predicted octanol–water partition coefficient (Wildman–Crippen LogP) is 3.74. The van der Waals surface area contributed by atoms with Crippen LogP contribution in [0.25, 0.3) is 11.3 Å². The molecule has 128 valence electrons. The van der Waals surface area contributed by atoms with E-state index in [1.54, 1.807) is 13.0 Å². The summed E-state index contributed by atoms with van der Waals surface area (Å²) >= 11 is 6.07. The molecule has 3 rings (SSSR count). The van der Waals surface area contributed by atoms with Crippen molar-refractivity contribution in [2.75, 3.05) is 13.2 Å². The zero-order chi connectivity index (χ0) is 17.1. The van der Waals surface area contributed by atoms with Crippen LogP contribution in [-0.4, -0.2) is 30.3 Å². The highest BCUT2D eigenvalue weighted by molar-refractivity contribution is 6.33. The molecule has 1 N–H and O–H groups in total. The van der Waals surface area contributed by atoms with E-state index in [9.17, 15) is 9.18 Å². The Labute approximate surface area is 144 Å². The van der Waals surface area contributed by atoms with Crippen molar-refractivity contribution in [1.29, 1.82) is 0 Å². The highest BCUT2D eigenvalue weighted by atomic mass is 35.5. The van der Waals surface area contributed by atoms with Crippen molar-refractivity contribution in [3.8, 4) is 11.3 Å². The van der Waals surface area contributed by atoms with Crippen molar-refractivity contribution in [3.63, 3.8) is 0 Å². The van der Waals surface area contributed by atoms with Gasteiger partial charge >= 0.3 is 0 Å². The SMILES string of the molecule is Cc1onc(-c2c(F)cccc2Cl)c1C(=O)NCC[C@H]1CCCO1. The van der Waals surface area contributed by atoms with Crippen molar-refractivity contribution < 1.29 is 18.4 Å². The first kappa shape index (κ1) is 16.9. The molecule has 0 unspecified atom stereocenters. The standard InChI is InChI=1S/C17H18ClFN2O3/c1-10-14(17(22)20-8-7-11-4-3-9-23-11)16(21-24-10)15-12(18)5-2-6-13(15)19/h2,5-6,11H,3-4,7-9H2,1H3,(H,20,22)/t11-/m1/s1. The van der Waals surface area contributed by atoms with E-state index in [0.717, 1.165) is 25.9 Å². The Bertz CT molecular complexity index is 721. The van der Waals surface area contributed by atoms with Gasteiger partial charge in [-0.25, -0.2) is 4.39 Å². The molecule has 24 heavy (non-hydrogen) atoms. The Kier molecular flexibility index (Phi) is 5.16. The lowest BCUT2D eigenvalue weighted by Gasteiger charge is -2.10. The minimum absolute atomic E-state index is 0.0697. The monoisotopic (exact) mass is 352 g/mol. The summed E-state index contributed by atoms with van der Waals surface area (Å²) in [5.41, 5.74) is 0.389. The average molecular weight is 353 g/mol. The van der Waals surface area contributed by atoms with Crippen LogP contribution >= 0.6 is 11.6 Å². The maximum Gasteiger partial charge on any atom is 0.257 e.